The number of nitrogens with one attached hydrogen (secondary N) is 1. The number of nitrogens with two attached hydrogens (primary N) is 1. The Morgan fingerprint density at radius 2 is 1.83 bits per heavy atom. The molecule has 0 bridgehead atoms. The summed E-state index contributed by atoms with van der Waals surface area (Å²) in [7, 11) is 0. The number of nitro benzene ring substituents is 1. The van der Waals surface area contributed by atoms with Crippen LogP contribution < -0.4 is 11.1 Å². The Balaban J connectivity index is 2.99. The first-order valence-corrected chi connectivity index (χ1v) is 8.83. The highest BCUT2D eigenvalue weighted by Crippen LogP contribution is 2.16. The number of carbonyl (C=O) groups is 4. The van der Waals surface area contributed by atoms with Crippen molar-refractivity contribution in [3.63, 3.8) is 0 Å². The van der Waals surface area contributed by atoms with Crippen LogP contribution in [0, 0.1) is 16.0 Å². The molecule has 0 fully saturated rings. The van der Waals surface area contributed by atoms with E-state index in [-0.39, 0.29) is 25.3 Å². The second-order valence-corrected chi connectivity index (χ2v) is 5.92. The quantitative estimate of drug-likeness (QED) is 0.297. The minimum absolute atomic E-state index is 0.00866. The fraction of sp³-hybridized carbons (Fsp3) is 0.444. The van der Waals surface area contributed by atoms with Crippen molar-refractivity contribution < 1.29 is 33.6 Å². The maximum absolute atomic E-state index is 12.3. The molecular weight excluding hydrogens is 386 g/mol. The van der Waals surface area contributed by atoms with Gasteiger partial charge in [0, 0.05) is 12.1 Å². The van der Waals surface area contributed by atoms with Crippen molar-refractivity contribution in [2.75, 3.05) is 13.2 Å². The molecule has 2 atom stereocenters. The van der Waals surface area contributed by atoms with Crippen molar-refractivity contribution in [2.24, 2.45) is 11.7 Å². The van der Waals surface area contributed by atoms with E-state index in [9.17, 15) is 29.3 Å². The molecule has 0 unspecified atom stereocenters. The van der Waals surface area contributed by atoms with Gasteiger partial charge in [0.2, 0.25) is 11.8 Å². The Morgan fingerprint density at radius 3 is 2.38 bits per heavy atom. The second-order valence-electron chi connectivity index (χ2n) is 5.92. The van der Waals surface area contributed by atoms with Crippen molar-refractivity contribution in [1.29, 1.82) is 0 Å². The van der Waals surface area contributed by atoms with Crippen LogP contribution in [0.2, 0.25) is 0 Å². The monoisotopic (exact) mass is 409 g/mol. The van der Waals surface area contributed by atoms with Crippen molar-refractivity contribution in [3.8, 4) is 0 Å². The fourth-order valence-corrected chi connectivity index (χ4v) is 2.55. The molecule has 0 spiro atoms. The number of non-ortho nitro benzene ring substituents is 1. The summed E-state index contributed by atoms with van der Waals surface area (Å²) in [6.07, 6.45) is -0.822. The molecule has 0 saturated carbocycles. The van der Waals surface area contributed by atoms with Crippen LogP contribution in [0.4, 0.5) is 5.69 Å². The van der Waals surface area contributed by atoms with Gasteiger partial charge in [-0.1, -0.05) is 12.1 Å². The number of amides is 2. The van der Waals surface area contributed by atoms with Crippen molar-refractivity contribution >= 4 is 29.4 Å². The Morgan fingerprint density at radius 1 is 1.17 bits per heavy atom. The Labute approximate surface area is 166 Å². The number of ether oxygens (including phenoxy) is 2. The molecule has 0 saturated heterocycles. The average Bonchev–Trinajstić information content (AvgIpc) is 2.64. The zero-order valence-electron chi connectivity index (χ0n) is 16.1. The van der Waals surface area contributed by atoms with Crippen LogP contribution in [-0.2, 0) is 35.1 Å². The minimum Gasteiger partial charge on any atom is -0.466 e. The van der Waals surface area contributed by atoms with Gasteiger partial charge < -0.3 is 20.5 Å². The van der Waals surface area contributed by atoms with E-state index in [1.807, 2.05) is 0 Å². The van der Waals surface area contributed by atoms with Gasteiger partial charge in [0.15, 0.2) is 0 Å². The number of primary amides is 1. The smallest absolute Gasteiger partial charge is 0.312 e. The van der Waals surface area contributed by atoms with E-state index >= 15 is 0 Å². The van der Waals surface area contributed by atoms with Crippen LogP contribution in [0.5, 0.6) is 0 Å². The summed E-state index contributed by atoms with van der Waals surface area (Å²) >= 11 is 0. The summed E-state index contributed by atoms with van der Waals surface area (Å²) in [5.41, 5.74) is 5.44. The lowest BCUT2D eigenvalue weighted by molar-refractivity contribution is -0.384. The molecule has 158 valence electrons. The lowest BCUT2D eigenvalue weighted by atomic mass is 9.95. The van der Waals surface area contributed by atoms with Crippen LogP contribution in [0.15, 0.2) is 24.3 Å². The number of rotatable bonds is 11. The molecule has 0 aromatic heterocycles. The van der Waals surface area contributed by atoms with Gasteiger partial charge in [-0.15, -0.1) is 0 Å². The molecule has 11 heteroatoms. The van der Waals surface area contributed by atoms with E-state index in [2.05, 4.69) is 5.32 Å². The summed E-state index contributed by atoms with van der Waals surface area (Å²) in [5, 5.41) is 13.1. The van der Waals surface area contributed by atoms with Gasteiger partial charge in [-0.2, -0.15) is 0 Å². The Bertz CT molecular complexity index is 780. The van der Waals surface area contributed by atoms with Crippen molar-refractivity contribution in [2.45, 2.75) is 32.7 Å². The number of carbonyl (C=O) groups excluding carboxylic acids is 4. The fourth-order valence-electron chi connectivity index (χ4n) is 2.55. The number of hydrogen-bond acceptors (Lipinski definition) is 8. The summed E-state index contributed by atoms with van der Waals surface area (Å²) in [6, 6.07) is 3.86. The van der Waals surface area contributed by atoms with Gasteiger partial charge in [0.05, 0.1) is 36.9 Å². The van der Waals surface area contributed by atoms with Gasteiger partial charge in [-0.05, 0) is 19.4 Å². The average molecular weight is 409 g/mol. The van der Waals surface area contributed by atoms with Gasteiger partial charge in [0.1, 0.15) is 6.04 Å². The molecule has 2 amide bonds. The van der Waals surface area contributed by atoms with Crippen LogP contribution in [-0.4, -0.2) is 47.9 Å². The molecule has 1 aromatic carbocycles. The molecule has 0 aliphatic carbocycles. The van der Waals surface area contributed by atoms with Gasteiger partial charge >= 0.3 is 11.9 Å². The third kappa shape index (κ3) is 7.56. The van der Waals surface area contributed by atoms with Gasteiger partial charge in [0.25, 0.3) is 5.69 Å². The molecule has 1 rings (SSSR count). The molecule has 3 N–H and O–H groups in total. The predicted octanol–water partition coefficient (Wildman–Crippen LogP) is 0.240. The molecule has 0 aliphatic rings. The third-order valence-electron chi connectivity index (χ3n) is 3.79. The molecule has 1 aromatic rings. The van der Waals surface area contributed by atoms with E-state index in [0.29, 0.717) is 5.56 Å². The molecule has 29 heavy (non-hydrogen) atoms. The summed E-state index contributed by atoms with van der Waals surface area (Å²) in [4.78, 5) is 58.5. The predicted molar refractivity (Wildman–Crippen MR) is 99.3 cm³/mol. The third-order valence-corrected chi connectivity index (χ3v) is 3.79. The highest BCUT2D eigenvalue weighted by Gasteiger charge is 2.37. The topological polar surface area (TPSA) is 168 Å². The van der Waals surface area contributed by atoms with Crippen molar-refractivity contribution in [1.82, 2.24) is 5.32 Å². The van der Waals surface area contributed by atoms with E-state index in [0.717, 1.165) is 0 Å². The van der Waals surface area contributed by atoms with E-state index in [1.54, 1.807) is 13.8 Å². The highest BCUT2D eigenvalue weighted by molar-refractivity contribution is 5.93. The van der Waals surface area contributed by atoms with Gasteiger partial charge in [-0.3, -0.25) is 29.3 Å². The van der Waals surface area contributed by atoms with Crippen LogP contribution in [0.1, 0.15) is 25.8 Å². The Kier molecular flexibility index (Phi) is 9.23. The van der Waals surface area contributed by atoms with Crippen LogP contribution >= 0.6 is 0 Å². The van der Waals surface area contributed by atoms with E-state index in [1.165, 1.54) is 24.3 Å². The zero-order valence-corrected chi connectivity index (χ0v) is 16.1. The number of nitrogens with zero attached hydrogens (tertiary/aromatic N) is 1. The van der Waals surface area contributed by atoms with Crippen LogP contribution in [0.25, 0.3) is 0 Å². The molecule has 0 heterocycles. The molecule has 11 nitrogen and oxygen atoms in total. The zero-order chi connectivity index (χ0) is 22.0. The SMILES string of the molecule is CCOC(=O)C[C@H](C(=O)OCC)[C@H](NC(=O)Cc1cccc([N+](=O)[O-])c1)C(N)=O. The summed E-state index contributed by atoms with van der Waals surface area (Å²) in [6.45, 7) is 3.17. The molecular formula is C18H23N3O8. The minimum atomic E-state index is -1.52. The normalized spacial score (nSPS) is 12.3. The summed E-state index contributed by atoms with van der Waals surface area (Å²) < 4.78 is 9.67. The first-order valence-electron chi connectivity index (χ1n) is 8.83. The number of esters is 2. The van der Waals surface area contributed by atoms with E-state index in [4.69, 9.17) is 15.2 Å². The van der Waals surface area contributed by atoms with Crippen molar-refractivity contribution in [3.05, 3.63) is 39.9 Å². The second kappa shape index (κ2) is 11.4. The maximum Gasteiger partial charge on any atom is 0.312 e. The first kappa shape index (κ1) is 23.5. The maximum atomic E-state index is 12.3. The number of hydrogen-bond donors (Lipinski definition) is 2. The number of nitro groups is 1. The highest BCUT2D eigenvalue weighted by atomic mass is 16.6. The Hall–Kier alpha value is -3.50. The van der Waals surface area contributed by atoms with E-state index < -0.39 is 47.1 Å². The lowest BCUT2D eigenvalue weighted by Gasteiger charge is -2.23. The summed E-state index contributed by atoms with van der Waals surface area (Å²) in [5.74, 6) is -4.78. The molecule has 0 radical (unpaired) electrons. The lowest BCUT2D eigenvalue weighted by Crippen LogP contribution is -2.52. The standard InChI is InChI=1S/C18H23N3O8/c1-3-28-15(23)10-13(18(25)29-4-2)16(17(19)24)20-14(22)9-11-6-5-7-12(8-11)21(26)27/h5-8,13,16H,3-4,9-10H2,1-2H3,(H2,19,24)(H,20,22)/t13-,16-/m0/s1. The van der Waals surface area contributed by atoms with Crippen LogP contribution in [0.3, 0.4) is 0 Å². The largest absolute Gasteiger partial charge is 0.466 e. The molecule has 0 aliphatic heterocycles. The van der Waals surface area contributed by atoms with Gasteiger partial charge in [-0.25, -0.2) is 0 Å². The number of benzene rings is 1. The first-order chi connectivity index (χ1) is 13.7.